The van der Waals surface area contributed by atoms with E-state index in [1.165, 1.54) is 0 Å². The number of furan rings is 2. The maximum atomic E-state index is 12.7. The second-order valence-corrected chi connectivity index (χ2v) is 5.80. The fraction of sp³-hybridized carbons (Fsp3) is 0.412. The van der Waals surface area contributed by atoms with Gasteiger partial charge >= 0.3 is 6.03 Å². The summed E-state index contributed by atoms with van der Waals surface area (Å²) in [6.45, 7) is 1.26. The lowest BCUT2D eigenvalue weighted by Crippen LogP contribution is -2.50. The van der Waals surface area contributed by atoms with Gasteiger partial charge in [-0.2, -0.15) is 0 Å². The van der Waals surface area contributed by atoms with E-state index in [0.717, 1.165) is 12.8 Å². The van der Waals surface area contributed by atoms with Crippen molar-refractivity contribution in [2.45, 2.75) is 38.4 Å². The highest BCUT2D eigenvalue weighted by Gasteiger charge is 2.25. The number of hydrogen-bond acceptors (Lipinski definition) is 4. The highest BCUT2D eigenvalue weighted by atomic mass is 16.3. The number of nitrogens with zero attached hydrogens (tertiary/aromatic N) is 1. The number of carbonyl (C=O) groups is 2. The van der Waals surface area contributed by atoms with Crippen molar-refractivity contribution in [2.75, 3.05) is 6.54 Å². The van der Waals surface area contributed by atoms with Crippen LogP contribution in [0.4, 0.5) is 4.79 Å². The molecular weight excluding hydrogens is 310 g/mol. The first-order valence-electron chi connectivity index (χ1n) is 8.10. The first-order valence-corrected chi connectivity index (χ1v) is 8.10. The number of urea groups is 1. The standard InChI is InChI=1S/C17H21N3O4/c21-16-15(7-1-2-8-18-16)19-17(22)20(11-13-5-3-9-23-13)12-14-6-4-10-24-14/h3-6,9-10,15H,1-2,7-8,11-12H2,(H,18,21)(H,19,22)/t15-/m0/s1. The minimum absolute atomic E-state index is 0.128. The summed E-state index contributed by atoms with van der Waals surface area (Å²) in [5.41, 5.74) is 0. The molecule has 3 heterocycles. The molecule has 3 amide bonds. The fourth-order valence-corrected chi connectivity index (χ4v) is 2.70. The Bertz CT molecular complexity index is 615. The molecule has 0 spiro atoms. The third-order valence-corrected chi connectivity index (χ3v) is 3.97. The Morgan fingerprint density at radius 2 is 1.83 bits per heavy atom. The van der Waals surface area contributed by atoms with Crippen molar-refractivity contribution in [2.24, 2.45) is 0 Å². The number of hydrogen-bond donors (Lipinski definition) is 2. The lowest BCUT2D eigenvalue weighted by Gasteiger charge is -2.24. The van der Waals surface area contributed by atoms with Crippen LogP contribution in [0.1, 0.15) is 30.8 Å². The van der Waals surface area contributed by atoms with Crippen molar-refractivity contribution in [1.82, 2.24) is 15.5 Å². The average Bonchev–Trinajstić information content (AvgIpc) is 3.23. The number of nitrogens with one attached hydrogen (secondary N) is 2. The van der Waals surface area contributed by atoms with Gasteiger partial charge in [-0.15, -0.1) is 0 Å². The lowest BCUT2D eigenvalue weighted by atomic mass is 10.1. The quantitative estimate of drug-likeness (QED) is 0.879. The van der Waals surface area contributed by atoms with Gasteiger partial charge in [0.2, 0.25) is 5.91 Å². The lowest BCUT2D eigenvalue weighted by molar-refractivity contribution is -0.122. The molecule has 128 valence electrons. The van der Waals surface area contributed by atoms with Gasteiger partial charge in [0.05, 0.1) is 25.6 Å². The van der Waals surface area contributed by atoms with E-state index >= 15 is 0 Å². The summed E-state index contributed by atoms with van der Waals surface area (Å²) in [6, 6.07) is 6.34. The van der Waals surface area contributed by atoms with Gasteiger partial charge in [0.1, 0.15) is 17.6 Å². The Morgan fingerprint density at radius 1 is 1.17 bits per heavy atom. The molecular formula is C17H21N3O4. The molecule has 1 aliphatic heterocycles. The molecule has 1 saturated heterocycles. The number of rotatable bonds is 5. The first-order chi connectivity index (χ1) is 11.7. The van der Waals surface area contributed by atoms with Crippen molar-refractivity contribution in [3.05, 3.63) is 48.3 Å². The Labute approximate surface area is 140 Å². The Hall–Kier alpha value is -2.70. The van der Waals surface area contributed by atoms with Gasteiger partial charge in [0, 0.05) is 6.54 Å². The number of amides is 3. The van der Waals surface area contributed by atoms with Crippen LogP contribution < -0.4 is 10.6 Å². The minimum Gasteiger partial charge on any atom is -0.467 e. The van der Waals surface area contributed by atoms with E-state index in [1.807, 2.05) is 0 Å². The molecule has 2 N–H and O–H groups in total. The Kier molecular flexibility index (Phi) is 5.20. The molecule has 2 aromatic rings. The van der Waals surface area contributed by atoms with Gasteiger partial charge in [0.25, 0.3) is 0 Å². The zero-order valence-electron chi connectivity index (χ0n) is 13.4. The van der Waals surface area contributed by atoms with Crippen LogP contribution in [-0.4, -0.2) is 29.4 Å². The van der Waals surface area contributed by atoms with Gasteiger partial charge in [-0.3, -0.25) is 4.79 Å². The van der Waals surface area contributed by atoms with Gasteiger partial charge in [-0.05, 0) is 43.5 Å². The predicted molar refractivity (Wildman–Crippen MR) is 85.8 cm³/mol. The molecule has 1 atom stereocenters. The molecule has 1 fully saturated rings. The van der Waals surface area contributed by atoms with Crippen molar-refractivity contribution < 1.29 is 18.4 Å². The van der Waals surface area contributed by atoms with Crippen LogP contribution in [0, 0.1) is 0 Å². The summed E-state index contributed by atoms with van der Waals surface area (Å²) in [6.07, 6.45) is 5.61. The topological polar surface area (TPSA) is 87.7 Å². The largest absolute Gasteiger partial charge is 0.467 e. The maximum Gasteiger partial charge on any atom is 0.318 e. The summed E-state index contributed by atoms with van der Waals surface area (Å²) < 4.78 is 10.7. The first kappa shape index (κ1) is 16.2. The summed E-state index contributed by atoms with van der Waals surface area (Å²) in [7, 11) is 0. The van der Waals surface area contributed by atoms with Gasteiger partial charge in [-0.1, -0.05) is 0 Å². The van der Waals surface area contributed by atoms with Crippen LogP contribution in [0.2, 0.25) is 0 Å². The highest BCUT2D eigenvalue weighted by Crippen LogP contribution is 2.13. The summed E-state index contributed by atoms with van der Waals surface area (Å²) >= 11 is 0. The number of carbonyl (C=O) groups excluding carboxylic acids is 2. The molecule has 1 aliphatic rings. The molecule has 7 heteroatoms. The molecule has 2 aromatic heterocycles. The van der Waals surface area contributed by atoms with Crippen molar-refractivity contribution in [3.8, 4) is 0 Å². The monoisotopic (exact) mass is 331 g/mol. The summed E-state index contributed by atoms with van der Waals surface area (Å²) in [5, 5.41) is 5.65. The second-order valence-electron chi connectivity index (χ2n) is 5.80. The second kappa shape index (κ2) is 7.72. The molecule has 7 nitrogen and oxygen atoms in total. The SMILES string of the molecule is O=C1NCCCC[C@@H]1NC(=O)N(Cc1ccco1)Cc1ccco1. The Morgan fingerprint density at radius 3 is 2.42 bits per heavy atom. The van der Waals surface area contributed by atoms with E-state index in [9.17, 15) is 9.59 Å². The van der Waals surface area contributed by atoms with Crippen LogP contribution in [0.25, 0.3) is 0 Å². The van der Waals surface area contributed by atoms with Gasteiger partial charge in [0.15, 0.2) is 0 Å². The molecule has 0 aliphatic carbocycles. The van der Waals surface area contributed by atoms with E-state index in [2.05, 4.69) is 10.6 Å². The van der Waals surface area contributed by atoms with Crippen LogP contribution in [-0.2, 0) is 17.9 Å². The molecule has 0 radical (unpaired) electrons. The Balaban J connectivity index is 1.68. The summed E-state index contributed by atoms with van der Waals surface area (Å²) in [4.78, 5) is 26.3. The molecule has 0 aromatic carbocycles. The van der Waals surface area contributed by atoms with E-state index in [-0.39, 0.29) is 11.9 Å². The van der Waals surface area contributed by atoms with Crippen LogP contribution in [0.15, 0.2) is 45.6 Å². The van der Waals surface area contributed by atoms with E-state index < -0.39 is 6.04 Å². The van der Waals surface area contributed by atoms with Crippen LogP contribution >= 0.6 is 0 Å². The summed E-state index contributed by atoms with van der Waals surface area (Å²) in [5.74, 6) is 1.21. The molecule has 3 rings (SSSR count). The van der Waals surface area contributed by atoms with E-state index in [4.69, 9.17) is 8.83 Å². The molecule has 0 saturated carbocycles. The van der Waals surface area contributed by atoms with Gasteiger partial charge in [-0.25, -0.2) is 4.79 Å². The third kappa shape index (κ3) is 4.18. The van der Waals surface area contributed by atoms with Crippen molar-refractivity contribution >= 4 is 11.9 Å². The van der Waals surface area contributed by atoms with Gasteiger partial charge < -0.3 is 24.4 Å². The normalized spacial score (nSPS) is 17.8. The zero-order valence-corrected chi connectivity index (χ0v) is 13.4. The zero-order chi connectivity index (χ0) is 16.8. The third-order valence-electron chi connectivity index (χ3n) is 3.97. The van der Waals surface area contributed by atoms with Crippen molar-refractivity contribution in [1.29, 1.82) is 0 Å². The van der Waals surface area contributed by atoms with Crippen molar-refractivity contribution in [3.63, 3.8) is 0 Å². The minimum atomic E-state index is -0.504. The average molecular weight is 331 g/mol. The smallest absolute Gasteiger partial charge is 0.318 e. The molecule has 0 unspecified atom stereocenters. The fourth-order valence-electron chi connectivity index (χ4n) is 2.70. The maximum absolute atomic E-state index is 12.7. The van der Waals surface area contributed by atoms with E-state index in [1.54, 1.807) is 41.7 Å². The van der Waals surface area contributed by atoms with Crippen LogP contribution in [0.5, 0.6) is 0 Å². The van der Waals surface area contributed by atoms with E-state index in [0.29, 0.717) is 37.6 Å². The molecule has 24 heavy (non-hydrogen) atoms. The van der Waals surface area contributed by atoms with Crippen LogP contribution in [0.3, 0.4) is 0 Å². The predicted octanol–water partition coefficient (Wildman–Crippen LogP) is 2.25. The highest BCUT2D eigenvalue weighted by molar-refractivity contribution is 5.87. The molecule has 0 bridgehead atoms.